The van der Waals surface area contributed by atoms with Crippen molar-refractivity contribution in [3.05, 3.63) is 29.3 Å². The molecule has 1 aliphatic rings. The average molecular weight is 325 g/mol. The Morgan fingerprint density at radius 2 is 2.14 bits per heavy atom. The molecule has 1 aromatic rings. The van der Waals surface area contributed by atoms with Crippen molar-refractivity contribution in [1.29, 1.82) is 0 Å². The predicted molar refractivity (Wildman–Crippen MR) is 89.4 cm³/mol. The predicted octanol–water partition coefficient (Wildman–Crippen LogP) is 2.96. The second-order valence-corrected chi connectivity index (χ2v) is 6.67. The molecule has 2 rings (SSSR count). The number of halogens is 1. The minimum atomic E-state index is 0.104. The summed E-state index contributed by atoms with van der Waals surface area (Å²) in [6, 6.07) is 7.69. The molecule has 0 unspecified atom stereocenters. The third kappa shape index (κ3) is 5.50. The molecule has 1 saturated heterocycles. The molecule has 1 heterocycles. The van der Waals surface area contributed by atoms with Crippen LogP contribution in [-0.2, 0) is 4.79 Å². The Morgan fingerprint density at radius 3 is 2.82 bits per heavy atom. The van der Waals surface area contributed by atoms with Crippen LogP contribution in [-0.4, -0.2) is 43.1 Å². The highest BCUT2D eigenvalue weighted by Crippen LogP contribution is 2.20. The molecule has 1 atom stereocenters. The van der Waals surface area contributed by atoms with Crippen molar-refractivity contribution in [3.8, 4) is 5.75 Å². The highest BCUT2D eigenvalue weighted by atomic mass is 35.5. The Kier molecular flexibility index (Phi) is 6.52. The van der Waals surface area contributed by atoms with E-state index in [2.05, 4.69) is 24.1 Å². The quantitative estimate of drug-likeness (QED) is 0.838. The van der Waals surface area contributed by atoms with E-state index in [9.17, 15) is 4.79 Å². The van der Waals surface area contributed by atoms with Crippen LogP contribution in [0.4, 0.5) is 0 Å². The second kappa shape index (κ2) is 8.39. The number of hydrogen-bond acceptors (Lipinski definition) is 3. The minimum Gasteiger partial charge on any atom is -0.492 e. The van der Waals surface area contributed by atoms with E-state index < -0.39 is 0 Å². The molecule has 122 valence electrons. The van der Waals surface area contributed by atoms with Crippen molar-refractivity contribution in [2.24, 2.45) is 5.92 Å². The van der Waals surface area contributed by atoms with Crippen molar-refractivity contribution in [2.75, 3.05) is 26.2 Å². The van der Waals surface area contributed by atoms with Crippen LogP contribution in [0.1, 0.15) is 26.7 Å². The number of nitrogens with one attached hydrogen (secondary N) is 1. The van der Waals surface area contributed by atoms with E-state index in [1.165, 1.54) is 0 Å². The van der Waals surface area contributed by atoms with Crippen LogP contribution >= 0.6 is 11.6 Å². The van der Waals surface area contributed by atoms with E-state index in [0.717, 1.165) is 31.7 Å². The average Bonchev–Trinajstić information content (AvgIpc) is 2.92. The molecule has 1 aliphatic heterocycles. The van der Waals surface area contributed by atoms with Crippen LogP contribution in [0, 0.1) is 5.92 Å². The highest BCUT2D eigenvalue weighted by Gasteiger charge is 2.26. The Labute approximate surface area is 137 Å². The summed E-state index contributed by atoms with van der Waals surface area (Å²) in [5.74, 6) is 1.40. The molecule has 0 aliphatic carbocycles. The SMILES string of the molecule is CC(C)CNC(=O)CN1CCC[C@H]1COc1ccc(Cl)cc1. The normalized spacial score (nSPS) is 18.6. The first-order valence-corrected chi connectivity index (χ1v) is 8.31. The highest BCUT2D eigenvalue weighted by molar-refractivity contribution is 6.30. The van der Waals surface area contributed by atoms with E-state index >= 15 is 0 Å². The third-order valence-electron chi connectivity index (χ3n) is 3.81. The maximum Gasteiger partial charge on any atom is 0.234 e. The standard InChI is InChI=1S/C17H25ClN2O2/c1-13(2)10-19-17(21)11-20-9-3-4-15(20)12-22-16-7-5-14(18)6-8-16/h5-8,13,15H,3-4,9-12H2,1-2H3,(H,19,21)/t15-/m0/s1. The van der Waals surface area contributed by atoms with E-state index in [0.29, 0.717) is 30.1 Å². The maximum atomic E-state index is 12.0. The lowest BCUT2D eigenvalue weighted by atomic mass is 10.2. The van der Waals surface area contributed by atoms with E-state index in [1.54, 1.807) is 0 Å². The van der Waals surface area contributed by atoms with Gasteiger partial charge in [0, 0.05) is 17.6 Å². The summed E-state index contributed by atoms with van der Waals surface area (Å²) >= 11 is 5.86. The Bertz CT molecular complexity index is 476. The summed E-state index contributed by atoms with van der Waals surface area (Å²) in [7, 11) is 0. The van der Waals surface area contributed by atoms with Gasteiger partial charge in [0.1, 0.15) is 12.4 Å². The first kappa shape index (κ1) is 17.1. The molecule has 22 heavy (non-hydrogen) atoms. The lowest BCUT2D eigenvalue weighted by Crippen LogP contribution is -2.42. The number of likely N-dealkylation sites (tertiary alicyclic amines) is 1. The molecule has 0 saturated carbocycles. The maximum absolute atomic E-state index is 12.0. The molecule has 5 heteroatoms. The van der Waals surface area contributed by atoms with Crippen LogP contribution in [0.5, 0.6) is 5.75 Å². The summed E-state index contributed by atoms with van der Waals surface area (Å²) in [6.07, 6.45) is 2.19. The third-order valence-corrected chi connectivity index (χ3v) is 4.06. The van der Waals surface area contributed by atoms with Gasteiger partial charge in [-0.3, -0.25) is 9.69 Å². The number of rotatable bonds is 7. The van der Waals surface area contributed by atoms with Gasteiger partial charge < -0.3 is 10.1 Å². The van der Waals surface area contributed by atoms with Gasteiger partial charge in [-0.2, -0.15) is 0 Å². The van der Waals surface area contributed by atoms with E-state index in [4.69, 9.17) is 16.3 Å². The van der Waals surface area contributed by atoms with Crippen molar-refractivity contribution in [1.82, 2.24) is 10.2 Å². The fourth-order valence-corrected chi connectivity index (χ4v) is 2.70. The summed E-state index contributed by atoms with van der Waals surface area (Å²) in [6.45, 7) is 6.96. The number of benzene rings is 1. The molecule has 4 nitrogen and oxygen atoms in total. The fourth-order valence-electron chi connectivity index (χ4n) is 2.57. The van der Waals surface area contributed by atoms with Crippen LogP contribution in [0.3, 0.4) is 0 Å². The van der Waals surface area contributed by atoms with Gasteiger partial charge in [0.2, 0.25) is 5.91 Å². The van der Waals surface area contributed by atoms with Crippen molar-refractivity contribution < 1.29 is 9.53 Å². The van der Waals surface area contributed by atoms with Crippen molar-refractivity contribution in [3.63, 3.8) is 0 Å². The van der Waals surface area contributed by atoms with Crippen LogP contribution in [0.15, 0.2) is 24.3 Å². The zero-order valence-electron chi connectivity index (χ0n) is 13.3. The largest absolute Gasteiger partial charge is 0.492 e. The van der Waals surface area contributed by atoms with Crippen molar-refractivity contribution >= 4 is 17.5 Å². The smallest absolute Gasteiger partial charge is 0.234 e. The Hall–Kier alpha value is -1.26. The van der Waals surface area contributed by atoms with Gasteiger partial charge in [0.05, 0.1) is 6.54 Å². The van der Waals surface area contributed by atoms with Gasteiger partial charge in [-0.05, 0) is 49.6 Å². The zero-order chi connectivity index (χ0) is 15.9. The van der Waals surface area contributed by atoms with Crippen LogP contribution in [0.2, 0.25) is 5.02 Å². The number of ether oxygens (including phenoxy) is 1. The summed E-state index contributed by atoms with van der Waals surface area (Å²) in [5, 5.41) is 3.68. The van der Waals surface area contributed by atoms with Crippen molar-refractivity contribution in [2.45, 2.75) is 32.7 Å². The monoisotopic (exact) mass is 324 g/mol. The Morgan fingerprint density at radius 1 is 1.41 bits per heavy atom. The molecule has 1 aromatic carbocycles. The van der Waals surface area contributed by atoms with Gasteiger partial charge >= 0.3 is 0 Å². The molecule has 1 amide bonds. The number of nitrogens with zero attached hydrogens (tertiary/aromatic N) is 1. The first-order valence-electron chi connectivity index (χ1n) is 7.93. The molecule has 1 fully saturated rings. The summed E-state index contributed by atoms with van der Waals surface area (Å²) in [5.41, 5.74) is 0. The lowest BCUT2D eigenvalue weighted by molar-refractivity contribution is -0.122. The number of carbonyl (C=O) groups is 1. The van der Waals surface area contributed by atoms with Gasteiger partial charge in [0.15, 0.2) is 0 Å². The molecule has 1 N–H and O–H groups in total. The summed E-state index contributed by atoms with van der Waals surface area (Å²) < 4.78 is 5.82. The Balaban J connectivity index is 1.77. The van der Waals surface area contributed by atoms with E-state index in [-0.39, 0.29) is 5.91 Å². The molecular formula is C17H25ClN2O2. The number of amides is 1. The molecule has 0 spiro atoms. The first-order chi connectivity index (χ1) is 10.5. The molecular weight excluding hydrogens is 300 g/mol. The van der Waals surface area contributed by atoms with Gasteiger partial charge in [-0.25, -0.2) is 0 Å². The molecule has 0 radical (unpaired) electrons. The van der Waals surface area contributed by atoms with Gasteiger partial charge in [0.25, 0.3) is 0 Å². The van der Waals surface area contributed by atoms with E-state index in [1.807, 2.05) is 24.3 Å². The fraction of sp³-hybridized carbons (Fsp3) is 0.588. The lowest BCUT2D eigenvalue weighted by Gasteiger charge is -2.24. The van der Waals surface area contributed by atoms with Gasteiger partial charge in [-0.15, -0.1) is 0 Å². The molecule has 0 aromatic heterocycles. The van der Waals surface area contributed by atoms with Gasteiger partial charge in [-0.1, -0.05) is 25.4 Å². The second-order valence-electron chi connectivity index (χ2n) is 6.23. The molecule has 0 bridgehead atoms. The number of carbonyl (C=O) groups excluding carboxylic acids is 1. The van der Waals surface area contributed by atoms with Crippen LogP contribution in [0.25, 0.3) is 0 Å². The zero-order valence-corrected chi connectivity index (χ0v) is 14.1. The number of hydrogen-bond donors (Lipinski definition) is 1. The summed E-state index contributed by atoms with van der Waals surface area (Å²) in [4.78, 5) is 14.2. The minimum absolute atomic E-state index is 0.104. The topological polar surface area (TPSA) is 41.6 Å². The van der Waals surface area contributed by atoms with Crippen LogP contribution < -0.4 is 10.1 Å².